The number of halogens is 1. The Morgan fingerprint density at radius 1 is 1.00 bits per heavy atom. The number of benzene rings is 2. The lowest BCUT2D eigenvalue weighted by molar-refractivity contribution is 0.194. The number of piperazine rings is 1. The molecule has 0 bridgehead atoms. The van der Waals surface area contributed by atoms with E-state index in [1.165, 1.54) is 17.3 Å². The molecule has 0 spiro atoms. The molecule has 146 valence electrons. The van der Waals surface area contributed by atoms with Crippen molar-refractivity contribution in [3.8, 4) is 11.4 Å². The van der Waals surface area contributed by atoms with Crippen molar-refractivity contribution >= 4 is 17.9 Å². The summed E-state index contributed by atoms with van der Waals surface area (Å²) >= 11 is 5.55. The number of hydrogen-bond acceptors (Lipinski definition) is 4. The summed E-state index contributed by atoms with van der Waals surface area (Å²) in [5.41, 5.74) is 3.08. The number of aryl methyl sites for hydroxylation is 1. The molecule has 0 aliphatic carbocycles. The van der Waals surface area contributed by atoms with E-state index in [0.717, 1.165) is 26.2 Å². The predicted octanol–water partition coefficient (Wildman–Crippen LogP) is 3.85. The van der Waals surface area contributed by atoms with Gasteiger partial charge in [-0.05, 0) is 42.9 Å². The number of para-hydroxylation sites is 1. The van der Waals surface area contributed by atoms with Crippen molar-refractivity contribution in [1.82, 2.24) is 19.2 Å². The molecule has 0 unspecified atom stereocenters. The van der Waals surface area contributed by atoms with Gasteiger partial charge in [-0.15, -0.1) is 0 Å². The number of aromatic nitrogens is 3. The van der Waals surface area contributed by atoms with Crippen molar-refractivity contribution in [2.24, 2.45) is 7.05 Å². The zero-order valence-electron chi connectivity index (χ0n) is 16.2. The van der Waals surface area contributed by atoms with Crippen LogP contribution in [0.4, 0.5) is 10.1 Å². The van der Waals surface area contributed by atoms with Gasteiger partial charge >= 0.3 is 0 Å². The second kappa shape index (κ2) is 7.85. The summed E-state index contributed by atoms with van der Waals surface area (Å²) in [6.45, 7) is 6.56. The normalized spacial score (nSPS) is 15.2. The largest absolute Gasteiger partial charge is 0.369 e. The van der Waals surface area contributed by atoms with Gasteiger partial charge in [0.05, 0.1) is 12.2 Å². The van der Waals surface area contributed by atoms with Gasteiger partial charge in [0.15, 0.2) is 10.6 Å². The molecule has 0 N–H and O–H groups in total. The Labute approximate surface area is 169 Å². The van der Waals surface area contributed by atoms with E-state index >= 15 is 0 Å². The van der Waals surface area contributed by atoms with Crippen LogP contribution in [0.3, 0.4) is 0 Å². The maximum Gasteiger partial charge on any atom is 0.199 e. The Morgan fingerprint density at radius 3 is 2.39 bits per heavy atom. The topological polar surface area (TPSA) is 29.2 Å². The first-order valence-corrected chi connectivity index (χ1v) is 9.87. The van der Waals surface area contributed by atoms with E-state index in [1.807, 2.05) is 13.1 Å². The molecule has 0 saturated carbocycles. The lowest BCUT2D eigenvalue weighted by Crippen LogP contribution is -2.47. The van der Waals surface area contributed by atoms with E-state index in [1.54, 1.807) is 21.4 Å². The number of nitrogens with zero attached hydrogens (tertiary/aromatic N) is 5. The first-order chi connectivity index (χ1) is 13.5. The van der Waals surface area contributed by atoms with Gasteiger partial charge in [0.1, 0.15) is 5.82 Å². The van der Waals surface area contributed by atoms with Crippen molar-refractivity contribution in [1.29, 1.82) is 0 Å². The predicted molar refractivity (Wildman–Crippen MR) is 112 cm³/mol. The molecule has 4 rings (SSSR count). The van der Waals surface area contributed by atoms with Crippen LogP contribution in [0.2, 0.25) is 0 Å². The molecule has 28 heavy (non-hydrogen) atoms. The summed E-state index contributed by atoms with van der Waals surface area (Å²) in [6.07, 6.45) is 0. The quantitative estimate of drug-likeness (QED) is 0.626. The SMILES string of the molecule is Cc1ccccc1N1CCN(Cn2nc(-c3ccccc3F)n(C)c2=S)CC1. The highest BCUT2D eigenvalue weighted by Gasteiger charge is 2.20. The average Bonchev–Trinajstić information content (AvgIpc) is 2.98. The van der Waals surface area contributed by atoms with Crippen LogP contribution in [0.15, 0.2) is 48.5 Å². The summed E-state index contributed by atoms with van der Waals surface area (Å²) in [4.78, 5) is 4.76. The fourth-order valence-electron chi connectivity index (χ4n) is 3.70. The van der Waals surface area contributed by atoms with Gasteiger partial charge in [-0.25, -0.2) is 9.07 Å². The Kier molecular flexibility index (Phi) is 5.28. The molecular weight excluding hydrogens is 373 g/mol. The van der Waals surface area contributed by atoms with E-state index in [2.05, 4.69) is 46.1 Å². The van der Waals surface area contributed by atoms with Crippen LogP contribution >= 0.6 is 12.2 Å². The molecule has 0 atom stereocenters. The molecule has 7 heteroatoms. The first-order valence-electron chi connectivity index (χ1n) is 9.46. The van der Waals surface area contributed by atoms with Crippen molar-refractivity contribution in [2.45, 2.75) is 13.6 Å². The van der Waals surface area contributed by atoms with Gasteiger partial charge in [0.2, 0.25) is 0 Å². The minimum Gasteiger partial charge on any atom is -0.369 e. The smallest absolute Gasteiger partial charge is 0.199 e. The Hall–Kier alpha value is -2.51. The second-order valence-electron chi connectivity index (χ2n) is 7.18. The number of hydrogen-bond donors (Lipinski definition) is 0. The lowest BCUT2D eigenvalue weighted by Gasteiger charge is -2.36. The van der Waals surface area contributed by atoms with E-state index in [9.17, 15) is 4.39 Å². The van der Waals surface area contributed by atoms with Gasteiger partial charge in [0.25, 0.3) is 0 Å². The third-order valence-electron chi connectivity index (χ3n) is 5.32. The summed E-state index contributed by atoms with van der Waals surface area (Å²) < 4.78 is 18.3. The average molecular weight is 398 g/mol. The Bertz CT molecular complexity index is 1030. The maximum atomic E-state index is 14.2. The van der Waals surface area contributed by atoms with Gasteiger partial charge in [-0.1, -0.05) is 30.3 Å². The van der Waals surface area contributed by atoms with Gasteiger partial charge in [0, 0.05) is 38.9 Å². The Balaban J connectivity index is 1.48. The first kappa shape index (κ1) is 18.8. The second-order valence-corrected chi connectivity index (χ2v) is 7.54. The molecule has 1 aliphatic heterocycles. The van der Waals surface area contributed by atoms with Crippen LogP contribution in [-0.2, 0) is 13.7 Å². The lowest BCUT2D eigenvalue weighted by atomic mass is 10.1. The van der Waals surface area contributed by atoms with Crippen molar-refractivity contribution < 1.29 is 4.39 Å². The zero-order valence-corrected chi connectivity index (χ0v) is 17.0. The minimum atomic E-state index is -0.287. The molecule has 3 aromatic rings. The summed E-state index contributed by atoms with van der Waals surface area (Å²) in [6, 6.07) is 15.2. The monoisotopic (exact) mass is 397 g/mol. The van der Waals surface area contributed by atoms with Crippen LogP contribution in [-0.4, -0.2) is 45.4 Å². The number of anilines is 1. The highest BCUT2D eigenvalue weighted by atomic mass is 32.1. The van der Waals surface area contributed by atoms with Crippen LogP contribution in [0.1, 0.15) is 5.56 Å². The van der Waals surface area contributed by atoms with Crippen molar-refractivity contribution in [3.05, 3.63) is 64.7 Å². The fraction of sp³-hybridized carbons (Fsp3) is 0.333. The summed E-state index contributed by atoms with van der Waals surface area (Å²) in [5.74, 6) is 0.270. The van der Waals surface area contributed by atoms with E-state index < -0.39 is 0 Å². The van der Waals surface area contributed by atoms with Crippen LogP contribution < -0.4 is 4.90 Å². The van der Waals surface area contributed by atoms with Gasteiger partial charge in [-0.3, -0.25) is 4.90 Å². The van der Waals surface area contributed by atoms with Gasteiger partial charge in [-0.2, -0.15) is 5.10 Å². The molecule has 0 amide bonds. The highest BCUT2D eigenvalue weighted by Crippen LogP contribution is 2.22. The van der Waals surface area contributed by atoms with Crippen LogP contribution in [0, 0.1) is 17.5 Å². The van der Waals surface area contributed by atoms with Crippen LogP contribution in [0.5, 0.6) is 0 Å². The molecule has 2 heterocycles. The molecule has 2 aromatic carbocycles. The fourth-order valence-corrected chi connectivity index (χ4v) is 3.88. The molecule has 1 fully saturated rings. The molecule has 1 aromatic heterocycles. The Morgan fingerprint density at radius 2 is 1.68 bits per heavy atom. The summed E-state index contributed by atoms with van der Waals surface area (Å²) in [5, 5.41) is 4.61. The van der Waals surface area contributed by atoms with Crippen LogP contribution in [0.25, 0.3) is 11.4 Å². The summed E-state index contributed by atoms with van der Waals surface area (Å²) in [7, 11) is 1.84. The van der Waals surface area contributed by atoms with Crippen molar-refractivity contribution in [2.75, 3.05) is 31.1 Å². The molecule has 1 aliphatic rings. The number of rotatable bonds is 4. The maximum absolute atomic E-state index is 14.2. The highest BCUT2D eigenvalue weighted by molar-refractivity contribution is 7.71. The molecular formula is C21H24FN5S. The molecule has 1 saturated heterocycles. The van der Waals surface area contributed by atoms with Gasteiger partial charge < -0.3 is 9.47 Å². The van der Waals surface area contributed by atoms with Crippen molar-refractivity contribution in [3.63, 3.8) is 0 Å². The molecule has 0 radical (unpaired) electrons. The van der Waals surface area contributed by atoms with E-state index in [-0.39, 0.29) is 5.82 Å². The third kappa shape index (κ3) is 3.59. The van der Waals surface area contributed by atoms with E-state index in [0.29, 0.717) is 22.8 Å². The third-order valence-corrected chi connectivity index (χ3v) is 5.80. The molecule has 5 nitrogen and oxygen atoms in total. The minimum absolute atomic E-state index is 0.287. The van der Waals surface area contributed by atoms with E-state index in [4.69, 9.17) is 12.2 Å². The standard InChI is InChI=1S/C21H24FN5S/c1-16-7-3-6-10-19(16)26-13-11-25(12-14-26)15-27-21(28)24(2)20(23-27)17-8-4-5-9-18(17)22/h3-10H,11-15H2,1-2H3. The zero-order chi connectivity index (χ0) is 19.7.